The number of hydrazone groups is 1. The first-order valence-electron chi connectivity index (χ1n) is 15.2. The van der Waals surface area contributed by atoms with Crippen LogP contribution >= 0.6 is 11.6 Å². The third-order valence-electron chi connectivity index (χ3n) is 9.25. The van der Waals surface area contributed by atoms with Crippen LogP contribution in [-0.2, 0) is 15.9 Å². The van der Waals surface area contributed by atoms with Gasteiger partial charge in [-0.1, -0.05) is 23.7 Å². The Bertz CT molecular complexity index is 1850. The molecule has 0 spiro atoms. The quantitative estimate of drug-likeness (QED) is 0.0991. The van der Waals surface area contributed by atoms with Crippen molar-refractivity contribution in [3.63, 3.8) is 0 Å². The number of nitrogens with two attached hydrogens (primary N) is 1. The van der Waals surface area contributed by atoms with Crippen LogP contribution in [0.3, 0.4) is 0 Å². The normalized spacial score (nSPS) is 26.7. The van der Waals surface area contributed by atoms with Crippen molar-refractivity contribution in [1.82, 2.24) is 5.43 Å². The zero-order chi connectivity index (χ0) is 34.7. The second-order valence-electron chi connectivity index (χ2n) is 12.2. The summed E-state index contributed by atoms with van der Waals surface area (Å²) in [5.74, 6) is -3.19. The predicted octanol–water partition coefficient (Wildman–Crippen LogP) is 2.90. The van der Waals surface area contributed by atoms with E-state index in [1.807, 2.05) is 0 Å². The maximum atomic E-state index is 13.9. The number of carbonyl (C=O) groups excluding carboxylic acids is 3. The Balaban J connectivity index is 1.44. The van der Waals surface area contributed by atoms with Crippen molar-refractivity contribution in [2.75, 3.05) is 7.11 Å². The molecule has 6 rings (SSSR count). The van der Waals surface area contributed by atoms with E-state index in [1.165, 1.54) is 56.5 Å². The summed E-state index contributed by atoms with van der Waals surface area (Å²) in [6.45, 7) is 3.07. The molecular formula is C34H34ClN3O10. The minimum Gasteiger partial charge on any atom is -0.507 e. The Morgan fingerprint density at radius 3 is 2.44 bits per heavy atom. The fourth-order valence-electron chi connectivity index (χ4n) is 6.57. The molecule has 2 aliphatic carbocycles. The summed E-state index contributed by atoms with van der Waals surface area (Å²) in [6, 6.07) is 9.80. The SMILES string of the molecule is COc1cccc2c1C(=O)c1c(O)c3c(c(O)c1C2=O)C[C@@](O)(/C(C)=N/NC(=O)c1ccc(Cl)cc1)C[C@H]3O[C@H]1C[C@@H](N)[C@@H](O)[C@H](C)O1. The summed E-state index contributed by atoms with van der Waals surface area (Å²) in [7, 11) is 1.34. The minimum absolute atomic E-state index is 0.0169. The van der Waals surface area contributed by atoms with Gasteiger partial charge in [0.05, 0.1) is 47.8 Å². The van der Waals surface area contributed by atoms with Crippen LogP contribution in [0.15, 0.2) is 47.6 Å². The third kappa shape index (κ3) is 5.62. The maximum Gasteiger partial charge on any atom is 0.271 e. The molecule has 0 radical (unpaired) electrons. The molecule has 13 nitrogen and oxygen atoms in total. The Morgan fingerprint density at radius 1 is 1.08 bits per heavy atom. The number of amides is 1. The van der Waals surface area contributed by atoms with E-state index in [1.54, 1.807) is 6.92 Å². The molecule has 1 amide bonds. The van der Waals surface area contributed by atoms with Crippen LogP contribution in [0.2, 0.25) is 5.02 Å². The summed E-state index contributed by atoms with van der Waals surface area (Å²) < 4.78 is 17.5. The maximum absolute atomic E-state index is 13.9. The molecule has 14 heteroatoms. The standard InChI is InChI=1S/C34H34ClN3O10/c1-14-28(39)20(36)11-23(47-14)48-22-13-34(45,15(2)37-38-33(44)16-7-9-17(35)10-8-16)12-19-25(22)32(43)27-26(30(19)41)29(40)18-5-4-6-21(46-3)24(18)31(27)42/h4-10,14,20,22-23,28,39,41,43,45H,11-13,36H2,1-3H3,(H,38,44)/b37-15+/t14-,20+,22+,23-,28-,34-/m0/s1. The van der Waals surface area contributed by atoms with Crippen LogP contribution in [-0.4, -0.2) is 80.9 Å². The molecular weight excluding hydrogens is 646 g/mol. The van der Waals surface area contributed by atoms with Crippen LogP contribution in [0.5, 0.6) is 17.2 Å². The number of rotatable bonds is 6. The van der Waals surface area contributed by atoms with E-state index in [9.17, 15) is 34.8 Å². The van der Waals surface area contributed by atoms with Crippen LogP contribution in [0.4, 0.5) is 0 Å². The van der Waals surface area contributed by atoms with E-state index in [0.717, 1.165) is 0 Å². The number of ketones is 2. The number of halogens is 1. The number of fused-ring (bicyclic) bond motifs is 3. The first-order valence-corrected chi connectivity index (χ1v) is 15.6. The predicted molar refractivity (Wildman–Crippen MR) is 172 cm³/mol. The van der Waals surface area contributed by atoms with Crippen LogP contribution in [0.1, 0.15) is 86.1 Å². The molecule has 7 N–H and O–H groups in total. The highest BCUT2D eigenvalue weighted by Gasteiger charge is 2.49. The Kier molecular flexibility index (Phi) is 8.79. The lowest BCUT2D eigenvalue weighted by molar-refractivity contribution is -0.245. The molecule has 6 atom stereocenters. The number of methoxy groups -OCH3 is 1. The van der Waals surface area contributed by atoms with Gasteiger partial charge in [-0.15, -0.1) is 0 Å². The smallest absolute Gasteiger partial charge is 0.271 e. The Hall–Kier alpha value is -4.37. The molecule has 0 bridgehead atoms. The van der Waals surface area contributed by atoms with Crippen LogP contribution < -0.4 is 15.9 Å². The number of carbonyl (C=O) groups is 3. The lowest BCUT2D eigenvalue weighted by Crippen LogP contribution is -2.52. The lowest BCUT2D eigenvalue weighted by atomic mass is 9.71. The highest BCUT2D eigenvalue weighted by molar-refractivity contribution is 6.31. The second-order valence-corrected chi connectivity index (χ2v) is 12.7. The van der Waals surface area contributed by atoms with Gasteiger partial charge >= 0.3 is 0 Å². The van der Waals surface area contributed by atoms with Gasteiger partial charge in [0.15, 0.2) is 12.1 Å². The molecule has 48 heavy (non-hydrogen) atoms. The molecule has 1 aliphatic heterocycles. The van der Waals surface area contributed by atoms with Gasteiger partial charge in [0.1, 0.15) is 22.8 Å². The zero-order valence-corrected chi connectivity index (χ0v) is 26.9. The fraction of sp³-hybridized carbons (Fsp3) is 0.353. The van der Waals surface area contributed by atoms with Crippen molar-refractivity contribution in [3.8, 4) is 17.2 Å². The largest absolute Gasteiger partial charge is 0.507 e. The number of nitrogens with one attached hydrogen (secondary N) is 1. The summed E-state index contributed by atoms with van der Waals surface area (Å²) in [4.78, 5) is 40.5. The van der Waals surface area contributed by atoms with Gasteiger partial charge in [-0.25, -0.2) is 5.43 Å². The number of aromatic hydroxyl groups is 2. The van der Waals surface area contributed by atoms with Crippen molar-refractivity contribution < 1.29 is 49.0 Å². The third-order valence-corrected chi connectivity index (χ3v) is 9.50. The molecule has 1 heterocycles. The molecule has 3 aromatic carbocycles. The average molecular weight is 680 g/mol. The first-order chi connectivity index (χ1) is 22.7. The molecule has 1 saturated heterocycles. The topological polar surface area (TPSA) is 210 Å². The number of ether oxygens (including phenoxy) is 3. The van der Waals surface area contributed by atoms with E-state index in [0.29, 0.717) is 5.02 Å². The number of hydrogen-bond donors (Lipinski definition) is 6. The monoisotopic (exact) mass is 679 g/mol. The lowest BCUT2D eigenvalue weighted by Gasteiger charge is -2.42. The van der Waals surface area contributed by atoms with Gasteiger partial charge in [-0.05, 0) is 44.2 Å². The van der Waals surface area contributed by atoms with Crippen LogP contribution in [0, 0.1) is 0 Å². The zero-order valence-electron chi connectivity index (χ0n) is 26.2. The summed E-state index contributed by atoms with van der Waals surface area (Å²) in [5, 5.41) is 50.4. The molecule has 0 saturated carbocycles. The van der Waals surface area contributed by atoms with Crippen molar-refractivity contribution in [3.05, 3.63) is 86.4 Å². The van der Waals surface area contributed by atoms with Crippen molar-refractivity contribution in [2.24, 2.45) is 10.8 Å². The van der Waals surface area contributed by atoms with E-state index in [2.05, 4.69) is 10.5 Å². The van der Waals surface area contributed by atoms with Crippen molar-refractivity contribution >= 4 is 34.8 Å². The second kappa shape index (κ2) is 12.6. The number of hydrogen-bond acceptors (Lipinski definition) is 12. The molecule has 0 aromatic heterocycles. The number of aliphatic hydroxyl groups is 2. The van der Waals surface area contributed by atoms with Crippen LogP contribution in [0.25, 0.3) is 0 Å². The highest BCUT2D eigenvalue weighted by Crippen LogP contribution is 2.52. The summed E-state index contributed by atoms with van der Waals surface area (Å²) in [5.41, 5.74) is 5.83. The molecule has 3 aliphatic rings. The number of phenolic OH excluding ortho intramolecular Hbond substituents is 2. The molecule has 252 valence electrons. The van der Waals surface area contributed by atoms with Gasteiger partial charge < -0.3 is 40.4 Å². The van der Waals surface area contributed by atoms with Gasteiger partial charge in [0.2, 0.25) is 5.78 Å². The van der Waals surface area contributed by atoms with Gasteiger partial charge in [0, 0.05) is 52.6 Å². The van der Waals surface area contributed by atoms with Gasteiger partial charge in [-0.2, -0.15) is 5.10 Å². The Morgan fingerprint density at radius 2 is 1.77 bits per heavy atom. The number of benzene rings is 3. The summed E-state index contributed by atoms with van der Waals surface area (Å²) in [6.07, 6.45) is -4.60. The van der Waals surface area contributed by atoms with E-state index >= 15 is 0 Å². The van der Waals surface area contributed by atoms with E-state index < -0.39 is 76.3 Å². The number of phenols is 2. The van der Waals surface area contributed by atoms with Crippen molar-refractivity contribution in [1.29, 1.82) is 0 Å². The molecule has 0 unspecified atom stereocenters. The Labute approximate surface area is 279 Å². The average Bonchev–Trinajstić information content (AvgIpc) is 3.06. The van der Waals surface area contributed by atoms with Gasteiger partial charge in [0.25, 0.3) is 5.91 Å². The summed E-state index contributed by atoms with van der Waals surface area (Å²) >= 11 is 5.92. The molecule has 3 aromatic rings. The highest BCUT2D eigenvalue weighted by atomic mass is 35.5. The number of aliphatic hydroxyl groups excluding tert-OH is 1. The van der Waals surface area contributed by atoms with Crippen molar-refractivity contribution in [2.45, 2.75) is 69.4 Å². The first kappa shape index (κ1) is 33.5. The minimum atomic E-state index is -1.91. The number of nitrogens with zero attached hydrogens (tertiary/aromatic N) is 1. The molecule has 1 fully saturated rings. The fourth-order valence-corrected chi connectivity index (χ4v) is 6.70. The van der Waals surface area contributed by atoms with E-state index in [-0.39, 0.29) is 58.5 Å². The van der Waals surface area contributed by atoms with Gasteiger partial charge in [-0.3, -0.25) is 14.4 Å². The van der Waals surface area contributed by atoms with E-state index in [4.69, 9.17) is 31.5 Å².